The zero-order valence-electron chi connectivity index (χ0n) is 11.6. The topological polar surface area (TPSA) is 24.9 Å². The molecule has 0 spiro atoms. The molecule has 1 saturated carbocycles. The Morgan fingerprint density at radius 3 is 2.95 bits per heavy atom. The predicted octanol–water partition coefficient (Wildman–Crippen LogP) is 3.72. The Hall–Kier alpha value is -1.19. The zero-order valence-corrected chi connectivity index (χ0v) is 12.4. The first-order chi connectivity index (χ1) is 9.22. The van der Waals surface area contributed by atoms with E-state index in [0.717, 1.165) is 24.7 Å². The number of thiazole rings is 1. The van der Waals surface area contributed by atoms with Crippen LogP contribution in [0.25, 0.3) is 11.3 Å². The van der Waals surface area contributed by atoms with E-state index in [1.165, 1.54) is 34.5 Å². The Balaban J connectivity index is 1.70. The van der Waals surface area contributed by atoms with Crippen LogP contribution >= 0.6 is 11.3 Å². The minimum Gasteiger partial charge on any atom is -0.314 e. The molecule has 0 unspecified atom stereocenters. The lowest BCUT2D eigenvalue weighted by molar-refractivity contribution is 0.680. The maximum atomic E-state index is 4.78. The molecule has 1 aromatic heterocycles. The van der Waals surface area contributed by atoms with Crippen LogP contribution in [0, 0.1) is 13.8 Å². The van der Waals surface area contributed by atoms with E-state index in [1.54, 1.807) is 11.3 Å². The molecule has 3 rings (SSSR count). The van der Waals surface area contributed by atoms with E-state index in [9.17, 15) is 0 Å². The number of aromatic nitrogens is 1. The molecule has 0 bridgehead atoms. The second kappa shape index (κ2) is 5.43. The van der Waals surface area contributed by atoms with Crippen LogP contribution < -0.4 is 5.32 Å². The lowest BCUT2D eigenvalue weighted by Crippen LogP contribution is -2.19. The quantitative estimate of drug-likeness (QED) is 0.897. The number of aryl methyl sites for hydroxylation is 2. The molecule has 2 aromatic rings. The average Bonchev–Trinajstić information content (AvgIpc) is 3.10. The summed E-state index contributed by atoms with van der Waals surface area (Å²) in [7, 11) is 0. The van der Waals surface area contributed by atoms with E-state index in [2.05, 4.69) is 42.7 Å². The van der Waals surface area contributed by atoms with Crippen LogP contribution in [-0.4, -0.2) is 17.6 Å². The molecule has 1 aliphatic carbocycles. The SMILES string of the molecule is Cc1ccc(C)c(-c2csc(CCNC3CC3)n2)c1. The fraction of sp³-hybridized carbons (Fsp3) is 0.438. The molecular weight excluding hydrogens is 252 g/mol. The van der Waals surface area contributed by atoms with Gasteiger partial charge in [-0.25, -0.2) is 4.98 Å². The van der Waals surface area contributed by atoms with Crippen molar-refractivity contribution in [1.82, 2.24) is 10.3 Å². The molecule has 3 heteroatoms. The minimum absolute atomic E-state index is 0.790. The van der Waals surface area contributed by atoms with Gasteiger partial charge in [0.15, 0.2) is 0 Å². The van der Waals surface area contributed by atoms with Crippen LogP contribution in [0.2, 0.25) is 0 Å². The smallest absolute Gasteiger partial charge is 0.0945 e. The lowest BCUT2D eigenvalue weighted by atomic mass is 10.0. The summed E-state index contributed by atoms with van der Waals surface area (Å²) in [5.41, 5.74) is 5.01. The van der Waals surface area contributed by atoms with E-state index < -0.39 is 0 Å². The summed E-state index contributed by atoms with van der Waals surface area (Å²) in [6.07, 6.45) is 3.75. The molecule has 0 aliphatic heterocycles. The molecule has 0 amide bonds. The van der Waals surface area contributed by atoms with E-state index >= 15 is 0 Å². The Kier molecular flexibility index (Phi) is 3.67. The Labute approximate surface area is 118 Å². The van der Waals surface area contributed by atoms with Crippen LogP contribution in [0.5, 0.6) is 0 Å². The van der Waals surface area contributed by atoms with Crippen molar-refractivity contribution < 1.29 is 0 Å². The third kappa shape index (κ3) is 3.23. The van der Waals surface area contributed by atoms with Gasteiger partial charge >= 0.3 is 0 Å². The highest BCUT2D eigenvalue weighted by Crippen LogP contribution is 2.26. The molecule has 1 N–H and O–H groups in total. The molecule has 2 nitrogen and oxygen atoms in total. The van der Waals surface area contributed by atoms with Gasteiger partial charge in [-0.15, -0.1) is 11.3 Å². The molecule has 19 heavy (non-hydrogen) atoms. The van der Waals surface area contributed by atoms with Crippen molar-refractivity contribution in [3.8, 4) is 11.3 Å². The maximum absolute atomic E-state index is 4.78. The molecule has 1 heterocycles. The normalized spacial score (nSPS) is 14.8. The fourth-order valence-electron chi connectivity index (χ4n) is 2.23. The molecule has 0 saturated heterocycles. The molecule has 100 valence electrons. The standard InChI is InChI=1S/C16H20N2S/c1-11-3-4-12(2)14(9-11)15-10-19-16(18-15)7-8-17-13-5-6-13/h3-4,9-10,13,17H,5-8H2,1-2H3. The second-order valence-electron chi connectivity index (χ2n) is 5.42. The summed E-state index contributed by atoms with van der Waals surface area (Å²) in [6, 6.07) is 7.36. The predicted molar refractivity (Wildman–Crippen MR) is 81.8 cm³/mol. The summed E-state index contributed by atoms with van der Waals surface area (Å²) in [4.78, 5) is 4.78. The van der Waals surface area contributed by atoms with Crippen molar-refractivity contribution in [1.29, 1.82) is 0 Å². The van der Waals surface area contributed by atoms with Crippen molar-refractivity contribution in [2.45, 2.75) is 39.2 Å². The van der Waals surface area contributed by atoms with Crippen molar-refractivity contribution in [2.75, 3.05) is 6.54 Å². The van der Waals surface area contributed by atoms with Gasteiger partial charge in [-0.3, -0.25) is 0 Å². The number of hydrogen-bond acceptors (Lipinski definition) is 3. The summed E-state index contributed by atoms with van der Waals surface area (Å²) < 4.78 is 0. The van der Waals surface area contributed by atoms with Gasteiger partial charge in [0.1, 0.15) is 0 Å². The highest BCUT2D eigenvalue weighted by molar-refractivity contribution is 7.09. The molecule has 0 atom stereocenters. The highest BCUT2D eigenvalue weighted by atomic mass is 32.1. The molecular formula is C16H20N2S. The molecule has 0 radical (unpaired) electrons. The fourth-order valence-corrected chi connectivity index (χ4v) is 3.03. The minimum atomic E-state index is 0.790. The van der Waals surface area contributed by atoms with Crippen LogP contribution in [0.15, 0.2) is 23.6 Å². The summed E-state index contributed by atoms with van der Waals surface area (Å²) >= 11 is 1.78. The van der Waals surface area contributed by atoms with Crippen LogP contribution in [-0.2, 0) is 6.42 Å². The van der Waals surface area contributed by atoms with E-state index in [4.69, 9.17) is 4.98 Å². The number of rotatable bonds is 5. The van der Waals surface area contributed by atoms with Gasteiger partial charge in [-0.2, -0.15) is 0 Å². The number of hydrogen-bond donors (Lipinski definition) is 1. The largest absolute Gasteiger partial charge is 0.314 e. The van der Waals surface area contributed by atoms with Crippen molar-refractivity contribution in [2.24, 2.45) is 0 Å². The average molecular weight is 272 g/mol. The highest BCUT2D eigenvalue weighted by Gasteiger charge is 2.19. The van der Waals surface area contributed by atoms with Crippen LogP contribution in [0.1, 0.15) is 29.0 Å². The Morgan fingerprint density at radius 2 is 2.16 bits per heavy atom. The number of benzene rings is 1. The monoisotopic (exact) mass is 272 g/mol. The van der Waals surface area contributed by atoms with Gasteiger partial charge in [-0.1, -0.05) is 17.7 Å². The third-order valence-electron chi connectivity index (χ3n) is 3.57. The first-order valence-electron chi connectivity index (χ1n) is 6.98. The lowest BCUT2D eigenvalue weighted by Gasteiger charge is -2.04. The maximum Gasteiger partial charge on any atom is 0.0945 e. The van der Waals surface area contributed by atoms with Gasteiger partial charge in [-0.05, 0) is 38.3 Å². The van der Waals surface area contributed by atoms with Gasteiger partial charge in [0.05, 0.1) is 10.7 Å². The first kappa shape index (κ1) is 12.8. The van der Waals surface area contributed by atoms with Gasteiger partial charge in [0, 0.05) is 30.0 Å². The third-order valence-corrected chi connectivity index (χ3v) is 4.48. The van der Waals surface area contributed by atoms with Crippen molar-refractivity contribution in [3.05, 3.63) is 39.7 Å². The Bertz CT molecular complexity index is 570. The van der Waals surface area contributed by atoms with Gasteiger partial charge < -0.3 is 5.32 Å². The first-order valence-corrected chi connectivity index (χ1v) is 7.86. The number of nitrogens with zero attached hydrogens (tertiary/aromatic N) is 1. The van der Waals surface area contributed by atoms with Crippen molar-refractivity contribution in [3.63, 3.8) is 0 Å². The summed E-state index contributed by atoms with van der Waals surface area (Å²) in [5.74, 6) is 0. The van der Waals surface area contributed by atoms with E-state index in [0.29, 0.717) is 0 Å². The summed E-state index contributed by atoms with van der Waals surface area (Å²) in [6.45, 7) is 5.35. The van der Waals surface area contributed by atoms with Crippen LogP contribution in [0.3, 0.4) is 0 Å². The molecule has 1 aliphatic rings. The molecule has 1 fully saturated rings. The van der Waals surface area contributed by atoms with Crippen LogP contribution in [0.4, 0.5) is 0 Å². The molecule has 1 aromatic carbocycles. The summed E-state index contributed by atoms with van der Waals surface area (Å²) in [5, 5.41) is 6.97. The number of nitrogens with one attached hydrogen (secondary N) is 1. The Morgan fingerprint density at radius 1 is 1.32 bits per heavy atom. The van der Waals surface area contributed by atoms with Gasteiger partial charge in [0.25, 0.3) is 0 Å². The van der Waals surface area contributed by atoms with Crippen molar-refractivity contribution >= 4 is 11.3 Å². The second-order valence-corrected chi connectivity index (χ2v) is 6.37. The van der Waals surface area contributed by atoms with E-state index in [1.807, 2.05) is 0 Å². The van der Waals surface area contributed by atoms with E-state index in [-0.39, 0.29) is 0 Å². The zero-order chi connectivity index (χ0) is 13.2. The van der Waals surface area contributed by atoms with Gasteiger partial charge in [0.2, 0.25) is 0 Å².